The van der Waals surface area contributed by atoms with Gasteiger partial charge >= 0.3 is 0 Å². The van der Waals surface area contributed by atoms with E-state index in [2.05, 4.69) is 29.1 Å². The van der Waals surface area contributed by atoms with E-state index in [1.54, 1.807) is 0 Å². The highest BCUT2D eigenvalue weighted by Gasteiger charge is 2.33. The van der Waals surface area contributed by atoms with Gasteiger partial charge in [-0.3, -0.25) is 0 Å². The van der Waals surface area contributed by atoms with Crippen molar-refractivity contribution >= 4 is 17.4 Å². The summed E-state index contributed by atoms with van der Waals surface area (Å²) >= 11 is 6.06. The Hall–Kier alpha value is -0.830. The molecule has 0 saturated heterocycles. The lowest BCUT2D eigenvalue weighted by molar-refractivity contribution is 0.882. The van der Waals surface area contributed by atoms with E-state index >= 15 is 0 Å². The molecular weight excluding hydrogens is 210 g/mol. The van der Waals surface area contributed by atoms with Gasteiger partial charge in [0.05, 0.1) is 0 Å². The minimum atomic E-state index is 0.576. The summed E-state index contributed by atoms with van der Waals surface area (Å²) in [5.41, 5.74) is 1.06. The molecule has 4 heteroatoms. The van der Waals surface area contributed by atoms with Crippen LogP contribution in [0, 0.1) is 5.92 Å². The van der Waals surface area contributed by atoms with E-state index < -0.39 is 0 Å². The van der Waals surface area contributed by atoms with Crippen molar-refractivity contribution in [3.63, 3.8) is 0 Å². The highest BCUT2D eigenvalue weighted by Crippen LogP contribution is 2.33. The molecule has 82 valence electrons. The maximum Gasteiger partial charge on any atom is 0.137 e. The number of halogens is 1. The molecule has 1 N–H and O–H groups in total. The monoisotopic (exact) mass is 225 g/mol. The second-order valence-electron chi connectivity index (χ2n) is 4.21. The van der Waals surface area contributed by atoms with Gasteiger partial charge in [-0.2, -0.15) is 0 Å². The lowest BCUT2D eigenvalue weighted by Crippen LogP contribution is -2.09. The predicted octanol–water partition coefficient (Wildman–Crippen LogP) is 2.90. The van der Waals surface area contributed by atoms with E-state index in [4.69, 9.17) is 11.6 Å². The van der Waals surface area contributed by atoms with E-state index in [0.29, 0.717) is 11.2 Å². The summed E-state index contributed by atoms with van der Waals surface area (Å²) in [6.07, 6.45) is 4.75. The maximum absolute atomic E-state index is 6.06. The highest BCUT2D eigenvalue weighted by atomic mass is 35.5. The first kappa shape index (κ1) is 10.7. The normalized spacial score (nSPS) is 23.9. The number of anilines is 1. The number of aromatic nitrogens is 2. The van der Waals surface area contributed by atoms with Gasteiger partial charge in [0.25, 0.3) is 0 Å². The van der Waals surface area contributed by atoms with Gasteiger partial charge in [0.2, 0.25) is 0 Å². The van der Waals surface area contributed by atoms with Crippen LogP contribution in [0.15, 0.2) is 6.33 Å². The average molecular weight is 226 g/mol. The molecule has 2 unspecified atom stereocenters. The standard InChI is InChI=1S/C11H16ClN3/c1-3-4-8-10(12)13-6-14-11(8)15-9-5-7(9)2/h6-7,9H,3-5H2,1-2H3,(H,13,14,15). The summed E-state index contributed by atoms with van der Waals surface area (Å²) in [7, 11) is 0. The Labute approximate surface area is 95.3 Å². The SMILES string of the molecule is CCCc1c(Cl)ncnc1NC1CC1C. The van der Waals surface area contributed by atoms with Gasteiger partial charge in [-0.05, 0) is 18.8 Å². The van der Waals surface area contributed by atoms with Crippen molar-refractivity contribution in [2.24, 2.45) is 5.92 Å². The van der Waals surface area contributed by atoms with Gasteiger partial charge < -0.3 is 5.32 Å². The molecular formula is C11H16ClN3. The van der Waals surface area contributed by atoms with Gasteiger partial charge in [-0.15, -0.1) is 0 Å². The Kier molecular flexibility index (Phi) is 3.10. The molecule has 1 aromatic rings. The summed E-state index contributed by atoms with van der Waals surface area (Å²) in [5, 5.41) is 4.01. The second kappa shape index (κ2) is 4.35. The van der Waals surface area contributed by atoms with Crippen LogP contribution in [0.5, 0.6) is 0 Å². The van der Waals surface area contributed by atoms with Crippen LogP contribution in [0.1, 0.15) is 32.3 Å². The molecule has 15 heavy (non-hydrogen) atoms. The number of hydrogen-bond acceptors (Lipinski definition) is 3. The van der Waals surface area contributed by atoms with E-state index in [9.17, 15) is 0 Å². The molecule has 1 saturated carbocycles. The Morgan fingerprint density at radius 3 is 2.87 bits per heavy atom. The van der Waals surface area contributed by atoms with Crippen molar-refractivity contribution in [2.45, 2.75) is 39.2 Å². The smallest absolute Gasteiger partial charge is 0.137 e. The Morgan fingerprint density at radius 2 is 2.27 bits per heavy atom. The van der Waals surface area contributed by atoms with Crippen LogP contribution >= 0.6 is 11.6 Å². The average Bonchev–Trinajstić information content (AvgIpc) is 2.88. The molecule has 1 heterocycles. The van der Waals surface area contributed by atoms with Crippen LogP contribution in [0.2, 0.25) is 5.15 Å². The molecule has 0 radical (unpaired) electrons. The van der Waals surface area contributed by atoms with Crippen LogP contribution < -0.4 is 5.32 Å². The number of nitrogens with zero attached hydrogens (tertiary/aromatic N) is 2. The van der Waals surface area contributed by atoms with E-state index in [-0.39, 0.29) is 0 Å². The summed E-state index contributed by atoms with van der Waals surface area (Å²) < 4.78 is 0. The zero-order valence-corrected chi connectivity index (χ0v) is 9.88. The predicted molar refractivity (Wildman–Crippen MR) is 62.2 cm³/mol. The van der Waals surface area contributed by atoms with E-state index in [1.807, 2.05) is 0 Å². The molecule has 0 amide bonds. The first-order valence-electron chi connectivity index (χ1n) is 5.48. The zero-order valence-electron chi connectivity index (χ0n) is 9.13. The summed E-state index contributed by atoms with van der Waals surface area (Å²) in [4.78, 5) is 8.29. The molecule has 1 aliphatic carbocycles. The third-order valence-corrected chi connectivity index (χ3v) is 3.15. The van der Waals surface area contributed by atoms with Crippen molar-refractivity contribution in [1.82, 2.24) is 9.97 Å². The van der Waals surface area contributed by atoms with Crippen LogP contribution in [0.3, 0.4) is 0 Å². The zero-order chi connectivity index (χ0) is 10.8. The minimum Gasteiger partial charge on any atom is -0.367 e. The van der Waals surface area contributed by atoms with Gasteiger partial charge in [0, 0.05) is 11.6 Å². The molecule has 0 aliphatic heterocycles. The van der Waals surface area contributed by atoms with Crippen molar-refractivity contribution in [3.8, 4) is 0 Å². The minimum absolute atomic E-state index is 0.576. The lowest BCUT2D eigenvalue weighted by Gasteiger charge is -2.10. The van der Waals surface area contributed by atoms with Crippen LogP contribution in [-0.4, -0.2) is 16.0 Å². The number of hydrogen-bond donors (Lipinski definition) is 1. The van der Waals surface area contributed by atoms with Crippen LogP contribution in [-0.2, 0) is 6.42 Å². The van der Waals surface area contributed by atoms with E-state index in [1.165, 1.54) is 12.7 Å². The van der Waals surface area contributed by atoms with Crippen molar-refractivity contribution < 1.29 is 0 Å². The van der Waals surface area contributed by atoms with Gasteiger partial charge in [0.1, 0.15) is 17.3 Å². The van der Waals surface area contributed by atoms with Crippen LogP contribution in [0.4, 0.5) is 5.82 Å². The summed E-state index contributed by atoms with van der Waals surface area (Å²) in [6.45, 7) is 4.37. The number of nitrogens with one attached hydrogen (secondary N) is 1. The molecule has 1 aromatic heterocycles. The molecule has 1 fully saturated rings. The van der Waals surface area contributed by atoms with Crippen molar-refractivity contribution in [3.05, 3.63) is 17.0 Å². The first-order valence-corrected chi connectivity index (χ1v) is 5.86. The third kappa shape index (κ3) is 2.40. The topological polar surface area (TPSA) is 37.8 Å². The Bertz CT molecular complexity index is 354. The third-order valence-electron chi connectivity index (χ3n) is 2.82. The molecule has 0 spiro atoms. The molecule has 0 aromatic carbocycles. The fourth-order valence-corrected chi connectivity index (χ4v) is 1.91. The maximum atomic E-state index is 6.06. The fourth-order valence-electron chi connectivity index (χ4n) is 1.69. The molecule has 2 rings (SSSR count). The van der Waals surface area contributed by atoms with Gasteiger partial charge in [-0.1, -0.05) is 31.9 Å². The van der Waals surface area contributed by atoms with Crippen molar-refractivity contribution in [2.75, 3.05) is 5.32 Å². The van der Waals surface area contributed by atoms with E-state index in [0.717, 1.165) is 30.1 Å². The number of rotatable bonds is 4. The summed E-state index contributed by atoms with van der Waals surface area (Å²) in [6, 6.07) is 0.576. The summed E-state index contributed by atoms with van der Waals surface area (Å²) in [5.74, 6) is 1.68. The van der Waals surface area contributed by atoms with Gasteiger partial charge in [0.15, 0.2) is 0 Å². The molecule has 3 nitrogen and oxygen atoms in total. The largest absolute Gasteiger partial charge is 0.367 e. The Morgan fingerprint density at radius 1 is 1.53 bits per heavy atom. The first-order chi connectivity index (χ1) is 7.22. The highest BCUT2D eigenvalue weighted by molar-refractivity contribution is 6.30. The van der Waals surface area contributed by atoms with Gasteiger partial charge in [-0.25, -0.2) is 9.97 Å². The quantitative estimate of drug-likeness (QED) is 0.801. The lowest BCUT2D eigenvalue weighted by atomic mass is 10.2. The van der Waals surface area contributed by atoms with Crippen molar-refractivity contribution in [1.29, 1.82) is 0 Å². The van der Waals surface area contributed by atoms with Crippen LogP contribution in [0.25, 0.3) is 0 Å². The molecule has 1 aliphatic rings. The fraction of sp³-hybridized carbons (Fsp3) is 0.636. The Balaban J connectivity index is 2.17. The second-order valence-corrected chi connectivity index (χ2v) is 4.56. The molecule has 0 bridgehead atoms. The molecule has 2 atom stereocenters.